The van der Waals surface area contributed by atoms with E-state index in [0.29, 0.717) is 16.0 Å². The Hall–Kier alpha value is -2.08. The summed E-state index contributed by atoms with van der Waals surface area (Å²) in [6.07, 6.45) is 1.39. The van der Waals surface area contributed by atoms with Crippen LogP contribution in [-0.2, 0) is 0 Å². The fraction of sp³-hybridized carbons (Fsp3) is 0. The standard InChI is InChI=1S/C12H9BrN2O3/c13-11-6-5-10(18-11)7-14-15-12(17)8-1-3-9(16)4-2-8/h1-7,16H,(H,15,17)/b14-7-. The van der Waals surface area contributed by atoms with Gasteiger partial charge in [0.2, 0.25) is 0 Å². The third-order valence-electron chi connectivity index (χ3n) is 2.08. The number of hydrazone groups is 1. The molecule has 0 aliphatic carbocycles. The number of hydrogen-bond acceptors (Lipinski definition) is 4. The zero-order valence-corrected chi connectivity index (χ0v) is 10.7. The van der Waals surface area contributed by atoms with Crippen LogP contribution in [-0.4, -0.2) is 17.2 Å². The van der Waals surface area contributed by atoms with Gasteiger partial charge in [-0.2, -0.15) is 5.10 Å². The summed E-state index contributed by atoms with van der Waals surface area (Å²) in [6.45, 7) is 0. The first-order valence-electron chi connectivity index (χ1n) is 5.03. The van der Waals surface area contributed by atoms with E-state index >= 15 is 0 Å². The molecule has 0 saturated heterocycles. The molecule has 0 unspecified atom stereocenters. The first-order valence-corrected chi connectivity index (χ1v) is 5.82. The number of phenolic OH excluding ortho intramolecular Hbond substituents is 1. The van der Waals surface area contributed by atoms with Crippen molar-refractivity contribution in [3.63, 3.8) is 0 Å². The van der Waals surface area contributed by atoms with Crippen LogP contribution in [0.15, 0.2) is 50.6 Å². The van der Waals surface area contributed by atoms with E-state index in [4.69, 9.17) is 9.52 Å². The van der Waals surface area contributed by atoms with E-state index in [1.165, 1.54) is 30.5 Å². The summed E-state index contributed by atoms with van der Waals surface area (Å²) in [5, 5.41) is 12.8. The third kappa shape index (κ3) is 3.21. The van der Waals surface area contributed by atoms with Gasteiger partial charge in [-0.05, 0) is 52.3 Å². The van der Waals surface area contributed by atoms with Gasteiger partial charge < -0.3 is 9.52 Å². The molecule has 2 rings (SSSR count). The van der Waals surface area contributed by atoms with Crippen molar-refractivity contribution in [2.45, 2.75) is 0 Å². The number of hydrogen-bond donors (Lipinski definition) is 2. The molecule has 0 aliphatic rings. The Labute approximate surface area is 111 Å². The predicted octanol–water partition coefficient (Wildman–Crippen LogP) is 2.51. The molecule has 5 nitrogen and oxygen atoms in total. The van der Waals surface area contributed by atoms with Gasteiger partial charge in [0.25, 0.3) is 5.91 Å². The molecule has 92 valence electrons. The molecule has 0 radical (unpaired) electrons. The topological polar surface area (TPSA) is 74.8 Å². The summed E-state index contributed by atoms with van der Waals surface area (Å²) >= 11 is 3.16. The summed E-state index contributed by atoms with van der Waals surface area (Å²) in [5.41, 5.74) is 2.76. The number of benzene rings is 1. The van der Waals surface area contributed by atoms with E-state index in [1.807, 2.05) is 0 Å². The highest BCUT2D eigenvalue weighted by molar-refractivity contribution is 9.10. The molecule has 6 heteroatoms. The normalized spacial score (nSPS) is 10.7. The summed E-state index contributed by atoms with van der Waals surface area (Å²) in [7, 11) is 0. The van der Waals surface area contributed by atoms with E-state index in [0.717, 1.165) is 0 Å². The largest absolute Gasteiger partial charge is 0.508 e. The van der Waals surface area contributed by atoms with Gasteiger partial charge in [0.15, 0.2) is 4.67 Å². The Morgan fingerprint density at radius 2 is 2.00 bits per heavy atom. The molecule has 1 amide bonds. The van der Waals surface area contributed by atoms with Gasteiger partial charge in [0, 0.05) is 5.56 Å². The van der Waals surface area contributed by atoms with E-state index in [2.05, 4.69) is 26.5 Å². The lowest BCUT2D eigenvalue weighted by Gasteiger charge is -1.99. The number of phenols is 1. The molecule has 0 aliphatic heterocycles. The summed E-state index contributed by atoms with van der Waals surface area (Å²) in [5.74, 6) is 0.264. The van der Waals surface area contributed by atoms with Crippen LogP contribution < -0.4 is 5.43 Å². The summed E-state index contributed by atoms with van der Waals surface area (Å²) < 4.78 is 5.76. The number of nitrogens with zero attached hydrogens (tertiary/aromatic N) is 1. The fourth-order valence-corrected chi connectivity index (χ4v) is 1.55. The number of furan rings is 1. The van der Waals surface area contributed by atoms with Crippen molar-refractivity contribution in [1.29, 1.82) is 0 Å². The number of rotatable bonds is 3. The molecule has 0 bridgehead atoms. The van der Waals surface area contributed by atoms with Crippen LogP contribution in [0.25, 0.3) is 0 Å². The zero-order valence-electron chi connectivity index (χ0n) is 9.13. The third-order valence-corrected chi connectivity index (χ3v) is 2.51. The molecule has 0 fully saturated rings. The second kappa shape index (κ2) is 5.50. The lowest BCUT2D eigenvalue weighted by atomic mass is 10.2. The number of aromatic hydroxyl groups is 1. The van der Waals surface area contributed by atoms with Gasteiger partial charge in [0.05, 0.1) is 6.21 Å². The SMILES string of the molecule is O=C(N/N=C\c1ccc(Br)o1)c1ccc(O)cc1. The molecule has 1 heterocycles. The molecule has 0 saturated carbocycles. The van der Waals surface area contributed by atoms with Crippen LogP contribution in [0, 0.1) is 0 Å². The van der Waals surface area contributed by atoms with Crippen molar-refractivity contribution < 1.29 is 14.3 Å². The van der Waals surface area contributed by atoms with Gasteiger partial charge >= 0.3 is 0 Å². The van der Waals surface area contributed by atoms with Gasteiger partial charge in [-0.25, -0.2) is 5.43 Å². The lowest BCUT2D eigenvalue weighted by Crippen LogP contribution is -2.17. The Kier molecular flexibility index (Phi) is 3.78. The molecule has 2 aromatic rings. The minimum absolute atomic E-state index is 0.107. The maximum Gasteiger partial charge on any atom is 0.271 e. The average molecular weight is 309 g/mol. The van der Waals surface area contributed by atoms with Crippen LogP contribution in [0.5, 0.6) is 5.75 Å². The number of carbonyl (C=O) groups excluding carboxylic acids is 1. The molecule has 1 aromatic carbocycles. The van der Waals surface area contributed by atoms with Crippen molar-refractivity contribution >= 4 is 28.1 Å². The first kappa shape index (κ1) is 12.4. The van der Waals surface area contributed by atoms with Crippen LogP contribution in [0.2, 0.25) is 0 Å². The van der Waals surface area contributed by atoms with Gasteiger partial charge in [-0.15, -0.1) is 0 Å². The van der Waals surface area contributed by atoms with Crippen molar-refractivity contribution in [2.24, 2.45) is 5.10 Å². The minimum atomic E-state index is -0.364. The van der Waals surface area contributed by atoms with Crippen molar-refractivity contribution in [1.82, 2.24) is 5.43 Å². The second-order valence-electron chi connectivity index (χ2n) is 3.39. The molecule has 2 N–H and O–H groups in total. The van der Waals surface area contributed by atoms with Crippen LogP contribution >= 0.6 is 15.9 Å². The Morgan fingerprint density at radius 1 is 1.28 bits per heavy atom. The quantitative estimate of drug-likeness (QED) is 0.676. The predicted molar refractivity (Wildman–Crippen MR) is 69.6 cm³/mol. The maximum atomic E-state index is 11.6. The van der Waals surface area contributed by atoms with Crippen molar-refractivity contribution in [2.75, 3.05) is 0 Å². The van der Waals surface area contributed by atoms with Gasteiger partial charge in [-0.3, -0.25) is 4.79 Å². The highest BCUT2D eigenvalue weighted by Crippen LogP contribution is 2.12. The highest BCUT2D eigenvalue weighted by atomic mass is 79.9. The first-order chi connectivity index (χ1) is 8.65. The monoisotopic (exact) mass is 308 g/mol. The average Bonchev–Trinajstić information content (AvgIpc) is 2.76. The number of carbonyl (C=O) groups is 1. The second-order valence-corrected chi connectivity index (χ2v) is 4.17. The smallest absolute Gasteiger partial charge is 0.271 e. The Balaban J connectivity index is 1.96. The molecular formula is C12H9BrN2O3. The van der Waals surface area contributed by atoms with E-state index in [1.54, 1.807) is 12.1 Å². The number of halogens is 1. The number of amides is 1. The minimum Gasteiger partial charge on any atom is -0.508 e. The zero-order chi connectivity index (χ0) is 13.0. The summed E-state index contributed by atoms with van der Waals surface area (Å²) in [4.78, 5) is 11.6. The van der Waals surface area contributed by atoms with Crippen LogP contribution in [0.3, 0.4) is 0 Å². The Bertz CT molecular complexity index is 575. The Morgan fingerprint density at radius 3 is 2.61 bits per heavy atom. The van der Waals surface area contributed by atoms with Gasteiger partial charge in [-0.1, -0.05) is 0 Å². The van der Waals surface area contributed by atoms with Crippen molar-refractivity contribution in [3.8, 4) is 5.75 Å². The molecule has 0 spiro atoms. The van der Waals surface area contributed by atoms with E-state index in [9.17, 15) is 4.79 Å². The number of nitrogens with one attached hydrogen (secondary N) is 1. The highest BCUT2D eigenvalue weighted by Gasteiger charge is 2.03. The van der Waals surface area contributed by atoms with Crippen molar-refractivity contribution in [3.05, 3.63) is 52.4 Å². The lowest BCUT2D eigenvalue weighted by molar-refractivity contribution is 0.0955. The van der Waals surface area contributed by atoms with Crippen LogP contribution in [0.4, 0.5) is 0 Å². The maximum absolute atomic E-state index is 11.6. The molecule has 0 atom stereocenters. The molecule has 1 aromatic heterocycles. The fourth-order valence-electron chi connectivity index (χ4n) is 1.23. The summed E-state index contributed by atoms with van der Waals surface area (Å²) in [6, 6.07) is 9.31. The van der Waals surface area contributed by atoms with E-state index in [-0.39, 0.29) is 11.7 Å². The van der Waals surface area contributed by atoms with Crippen LogP contribution in [0.1, 0.15) is 16.1 Å². The van der Waals surface area contributed by atoms with Gasteiger partial charge in [0.1, 0.15) is 11.5 Å². The molecular weight excluding hydrogens is 300 g/mol. The molecule has 18 heavy (non-hydrogen) atoms. The van der Waals surface area contributed by atoms with E-state index < -0.39 is 0 Å².